The molecule has 1 aliphatic rings. The van der Waals surface area contributed by atoms with Crippen molar-refractivity contribution in [3.05, 3.63) is 29.7 Å². The molecule has 102 valence electrons. The van der Waals surface area contributed by atoms with Gasteiger partial charge in [-0.3, -0.25) is 4.79 Å². The van der Waals surface area contributed by atoms with Crippen molar-refractivity contribution in [1.29, 1.82) is 0 Å². The fourth-order valence-corrected chi connectivity index (χ4v) is 2.26. The van der Waals surface area contributed by atoms with Gasteiger partial charge in [0.25, 0.3) is 0 Å². The summed E-state index contributed by atoms with van der Waals surface area (Å²) in [5.41, 5.74) is 7.33. The second-order valence-corrected chi connectivity index (χ2v) is 4.54. The van der Waals surface area contributed by atoms with Crippen molar-refractivity contribution >= 4 is 17.4 Å². The van der Waals surface area contributed by atoms with Crippen molar-refractivity contribution in [3.8, 4) is 0 Å². The number of rotatable bonds is 3. The van der Waals surface area contributed by atoms with Crippen molar-refractivity contribution < 1.29 is 13.9 Å². The third-order valence-electron chi connectivity index (χ3n) is 3.26. The van der Waals surface area contributed by atoms with E-state index in [4.69, 9.17) is 10.5 Å². The highest BCUT2D eigenvalue weighted by molar-refractivity contribution is 5.77. The van der Waals surface area contributed by atoms with Crippen LogP contribution in [0.4, 0.5) is 10.2 Å². The lowest BCUT2D eigenvalue weighted by molar-refractivity contribution is -0.148. The molecule has 2 rings (SSSR count). The van der Waals surface area contributed by atoms with E-state index < -0.39 is 5.82 Å². The van der Waals surface area contributed by atoms with Gasteiger partial charge in [-0.15, -0.1) is 0 Å². The van der Waals surface area contributed by atoms with Crippen molar-refractivity contribution in [1.82, 2.24) is 4.98 Å². The zero-order chi connectivity index (χ0) is 13.8. The Morgan fingerprint density at radius 2 is 2.42 bits per heavy atom. The third kappa shape index (κ3) is 3.10. The highest BCUT2D eigenvalue weighted by Gasteiger charge is 2.23. The molecule has 0 aliphatic heterocycles. The van der Waals surface area contributed by atoms with Crippen LogP contribution >= 0.6 is 0 Å². The number of anilines is 1. The Morgan fingerprint density at radius 1 is 1.63 bits per heavy atom. The zero-order valence-corrected chi connectivity index (χ0v) is 10.9. The normalized spacial score (nSPS) is 18.8. The summed E-state index contributed by atoms with van der Waals surface area (Å²) < 4.78 is 18.2. The van der Waals surface area contributed by atoms with Gasteiger partial charge in [-0.25, -0.2) is 9.37 Å². The SMILES string of the molecule is CCOC(=O)C1CC=C(c2cc(F)cnc2N)CC1. The Labute approximate surface area is 111 Å². The summed E-state index contributed by atoms with van der Waals surface area (Å²) in [6, 6.07) is 1.39. The van der Waals surface area contributed by atoms with E-state index in [0.717, 1.165) is 11.8 Å². The molecule has 1 heterocycles. The van der Waals surface area contributed by atoms with Crippen LogP contribution in [-0.2, 0) is 9.53 Å². The number of aromatic nitrogens is 1. The number of pyridine rings is 1. The van der Waals surface area contributed by atoms with Crippen molar-refractivity contribution in [3.63, 3.8) is 0 Å². The molecule has 0 amide bonds. The molecule has 1 aromatic rings. The Kier molecular flexibility index (Phi) is 4.14. The molecule has 0 aromatic carbocycles. The van der Waals surface area contributed by atoms with E-state index in [2.05, 4.69) is 4.98 Å². The van der Waals surface area contributed by atoms with Gasteiger partial charge in [0, 0.05) is 5.56 Å². The molecule has 5 heteroatoms. The number of nitrogens with two attached hydrogens (primary N) is 1. The minimum Gasteiger partial charge on any atom is -0.466 e. The molecule has 0 saturated carbocycles. The number of nitrogen functional groups attached to an aromatic ring is 1. The molecule has 1 atom stereocenters. The fraction of sp³-hybridized carbons (Fsp3) is 0.429. The van der Waals surface area contributed by atoms with Crippen LogP contribution in [-0.4, -0.2) is 17.6 Å². The molecule has 1 unspecified atom stereocenters. The number of hydrogen-bond donors (Lipinski definition) is 1. The maximum Gasteiger partial charge on any atom is 0.309 e. The lowest BCUT2D eigenvalue weighted by Gasteiger charge is -2.21. The number of halogens is 1. The second kappa shape index (κ2) is 5.82. The largest absolute Gasteiger partial charge is 0.466 e. The molecule has 4 nitrogen and oxygen atoms in total. The summed E-state index contributed by atoms with van der Waals surface area (Å²) in [7, 11) is 0. The number of allylic oxidation sites excluding steroid dienone is 2. The highest BCUT2D eigenvalue weighted by Crippen LogP contribution is 2.32. The Morgan fingerprint density at radius 3 is 3.05 bits per heavy atom. The minimum atomic E-state index is -0.405. The quantitative estimate of drug-likeness (QED) is 0.852. The van der Waals surface area contributed by atoms with Crippen molar-refractivity contribution in [2.75, 3.05) is 12.3 Å². The van der Waals surface area contributed by atoms with Crippen LogP contribution in [0.1, 0.15) is 31.7 Å². The summed E-state index contributed by atoms with van der Waals surface area (Å²) in [6.45, 7) is 2.19. The van der Waals surface area contributed by atoms with Crippen LogP contribution < -0.4 is 5.73 Å². The second-order valence-electron chi connectivity index (χ2n) is 4.54. The molecule has 19 heavy (non-hydrogen) atoms. The third-order valence-corrected chi connectivity index (χ3v) is 3.26. The predicted molar refractivity (Wildman–Crippen MR) is 70.6 cm³/mol. The summed E-state index contributed by atoms with van der Waals surface area (Å²) in [5, 5.41) is 0. The molecule has 1 aromatic heterocycles. The van der Waals surface area contributed by atoms with E-state index in [1.54, 1.807) is 6.92 Å². The summed E-state index contributed by atoms with van der Waals surface area (Å²) in [4.78, 5) is 15.4. The molecule has 0 saturated heterocycles. The molecule has 0 fully saturated rings. The standard InChI is InChI=1S/C14H17FN2O2/c1-2-19-14(18)10-5-3-9(4-6-10)12-7-11(15)8-17-13(12)16/h3,7-8,10H,2,4-6H2,1H3,(H2,16,17). The van der Waals surface area contributed by atoms with Gasteiger partial charge in [-0.1, -0.05) is 6.08 Å². The number of hydrogen-bond acceptors (Lipinski definition) is 4. The first-order chi connectivity index (χ1) is 9.11. The first-order valence-electron chi connectivity index (χ1n) is 6.39. The molecule has 2 N–H and O–H groups in total. The number of ether oxygens (including phenoxy) is 1. The molecule has 0 radical (unpaired) electrons. The van der Waals surface area contributed by atoms with Crippen LogP contribution in [0.3, 0.4) is 0 Å². The summed E-state index contributed by atoms with van der Waals surface area (Å²) >= 11 is 0. The van der Waals surface area contributed by atoms with Gasteiger partial charge < -0.3 is 10.5 Å². The van der Waals surface area contributed by atoms with Gasteiger partial charge in [0.15, 0.2) is 0 Å². The number of nitrogens with zero attached hydrogens (tertiary/aromatic N) is 1. The lowest BCUT2D eigenvalue weighted by atomic mass is 9.87. The molecule has 0 bridgehead atoms. The van der Waals surface area contributed by atoms with Gasteiger partial charge in [-0.05, 0) is 37.8 Å². The van der Waals surface area contributed by atoms with E-state index in [0.29, 0.717) is 37.3 Å². The Bertz CT molecular complexity index is 514. The smallest absolute Gasteiger partial charge is 0.309 e. The summed E-state index contributed by atoms with van der Waals surface area (Å²) in [5.74, 6) is -0.352. The lowest BCUT2D eigenvalue weighted by Crippen LogP contribution is -2.19. The number of esters is 1. The van der Waals surface area contributed by atoms with Crippen molar-refractivity contribution in [2.45, 2.75) is 26.2 Å². The van der Waals surface area contributed by atoms with E-state index >= 15 is 0 Å². The van der Waals surface area contributed by atoms with E-state index in [9.17, 15) is 9.18 Å². The van der Waals surface area contributed by atoms with Gasteiger partial charge >= 0.3 is 5.97 Å². The van der Waals surface area contributed by atoms with E-state index in [-0.39, 0.29) is 11.9 Å². The number of carbonyl (C=O) groups excluding carboxylic acids is 1. The molecular weight excluding hydrogens is 247 g/mol. The Balaban J connectivity index is 2.12. The summed E-state index contributed by atoms with van der Waals surface area (Å²) in [6.07, 6.45) is 5.01. The fourth-order valence-electron chi connectivity index (χ4n) is 2.26. The molecule has 0 spiro atoms. The maximum atomic E-state index is 13.2. The van der Waals surface area contributed by atoms with Gasteiger partial charge in [0.2, 0.25) is 0 Å². The van der Waals surface area contributed by atoms with Gasteiger partial charge in [0.05, 0.1) is 18.7 Å². The maximum absolute atomic E-state index is 13.2. The molecular formula is C14H17FN2O2. The van der Waals surface area contributed by atoms with E-state index in [1.807, 2.05) is 6.08 Å². The predicted octanol–water partition coefficient (Wildman–Crippen LogP) is 2.55. The molecule has 1 aliphatic carbocycles. The first-order valence-corrected chi connectivity index (χ1v) is 6.39. The van der Waals surface area contributed by atoms with Crippen LogP contribution in [0.25, 0.3) is 5.57 Å². The van der Waals surface area contributed by atoms with Crippen LogP contribution in [0.2, 0.25) is 0 Å². The zero-order valence-electron chi connectivity index (χ0n) is 10.9. The van der Waals surface area contributed by atoms with Crippen molar-refractivity contribution in [2.24, 2.45) is 5.92 Å². The van der Waals surface area contributed by atoms with Gasteiger partial charge in [0.1, 0.15) is 11.6 Å². The van der Waals surface area contributed by atoms with Gasteiger partial charge in [-0.2, -0.15) is 0 Å². The monoisotopic (exact) mass is 264 g/mol. The van der Waals surface area contributed by atoms with Crippen LogP contribution in [0, 0.1) is 11.7 Å². The van der Waals surface area contributed by atoms with Crippen LogP contribution in [0.5, 0.6) is 0 Å². The average Bonchev–Trinajstić information content (AvgIpc) is 2.42. The topological polar surface area (TPSA) is 65.2 Å². The number of carbonyl (C=O) groups is 1. The van der Waals surface area contributed by atoms with E-state index in [1.165, 1.54) is 6.07 Å². The minimum absolute atomic E-state index is 0.105. The highest BCUT2D eigenvalue weighted by atomic mass is 19.1. The first kappa shape index (κ1) is 13.5. The average molecular weight is 264 g/mol. The Hall–Kier alpha value is -1.91. The van der Waals surface area contributed by atoms with Crippen LogP contribution in [0.15, 0.2) is 18.3 Å².